The number of halogens is 1. The number of nitrogens with two attached hydrogens (primary N) is 1. The minimum absolute atomic E-state index is 0.174. The number of primary amides is 1. The van der Waals surface area contributed by atoms with Gasteiger partial charge in [-0.05, 0) is 35.9 Å². The second kappa shape index (κ2) is 8.49. The number of anilines is 1. The summed E-state index contributed by atoms with van der Waals surface area (Å²) in [6.45, 7) is 0. The summed E-state index contributed by atoms with van der Waals surface area (Å²) in [5.41, 5.74) is 6.29. The van der Waals surface area contributed by atoms with Crippen LogP contribution in [-0.4, -0.2) is 28.8 Å². The van der Waals surface area contributed by atoms with Crippen LogP contribution in [-0.2, 0) is 9.59 Å². The van der Waals surface area contributed by atoms with E-state index < -0.39 is 23.7 Å². The molecule has 142 valence electrons. The van der Waals surface area contributed by atoms with Crippen LogP contribution in [0, 0.1) is 5.82 Å². The third-order valence-corrected chi connectivity index (χ3v) is 4.55. The number of amidine groups is 1. The quantitative estimate of drug-likeness (QED) is 0.772. The van der Waals surface area contributed by atoms with Gasteiger partial charge in [0.2, 0.25) is 5.91 Å². The van der Waals surface area contributed by atoms with E-state index in [0.29, 0.717) is 5.69 Å². The molecule has 1 heterocycles. The van der Waals surface area contributed by atoms with Crippen LogP contribution in [0.3, 0.4) is 0 Å². The topological polar surface area (TPSA) is 105 Å². The molecule has 0 radical (unpaired) electrons. The molecular weight excluding hydrogens is 383 g/mol. The maximum Gasteiger partial charge on any atom is 0.318 e. The molecule has 0 spiro atoms. The highest BCUT2D eigenvalue weighted by molar-refractivity contribution is 8.14. The number of aliphatic imine (C=N–C) groups is 1. The van der Waals surface area contributed by atoms with Crippen LogP contribution in [0.2, 0.25) is 0 Å². The zero-order valence-electron chi connectivity index (χ0n) is 14.5. The molecular formula is C19H15FN4O3S. The third kappa shape index (κ3) is 4.63. The first-order valence-electron chi connectivity index (χ1n) is 8.11. The normalized spacial score (nSPS) is 14.9. The number of carbonyl (C=O) groups is 3. The maximum atomic E-state index is 13.3. The van der Waals surface area contributed by atoms with Crippen LogP contribution in [0.1, 0.15) is 5.56 Å². The summed E-state index contributed by atoms with van der Waals surface area (Å²) in [5.74, 6) is -1.64. The second-order valence-electron chi connectivity index (χ2n) is 5.65. The van der Waals surface area contributed by atoms with Gasteiger partial charge in [-0.25, -0.2) is 14.2 Å². The lowest BCUT2D eigenvalue weighted by molar-refractivity contribution is -0.117. The van der Waals surface area contributed by atoms with E-state index in [-0.39, 0.29) is 16.6 Å². The number of nitrogens with zero attached hydrogens (tertiary/aromatic N) is 2. The Kier molecular flexibility index (Phi) is 5.85. The predicted octanol–water partition coefficient (Wildman–Crippen LogP) is 2.50. The molecule has 7 nitrogen and oxygen atoms in total. The number of rotatable bonds is 4. The number of benzene rings is 2. The van der Waals surface area contributed by atoms with E-state index in [9.17, 15) is 18.8 Å². The number of imide groups is 1. The highest BCUT2D eigenvalue weighted by Gasteiger charge is 2.32. The summed E-state index contributed by atoms with van der Waals surface area (Å²) in [5, 5.41) is 2.18. The van der Waals surface area contributed by atoms with Gasteiger partial charge >= 0.3 is 6.03 Å². The first-order valence-corrected chi connectivity index (χ1v) is 9.10. The second-order valence-corrected chi connectivity index (χ2v) is 6.60. The molecule has 0 saturated heterocycles. The Labute approximate surface area is 164 Å². The molecule has 4 amide bonds. The number of amides is 4. The number of thioether (sulfide) groups is 1. The average Bonchev–Trinajstić information content (AvgIpc) is 2.97. The van der Waals surface area contributed by atoms with Crippen molar-refractivity contribution < 1.29 is 18.8 Å². The first kappa shape index (κ1) is 19.3. The van der Waals surface area contributed by atoms with Gasteiger partial charge in [0.25, 0.3) is 5.91 Å². The van der Waals surface area contributed by atoms with Crippen LogP contribution in [0.25, 0.3) is 6.08 Å². The first-order chi connectivity index (χ1) is 13.4. The van der Waals surface area contributed by atoms with Crippen molar-refractivity contribution in [1.29, 1.82) is 0 Å². The van der Waals surface area contributed by atoms with Crippen molar-refractivity contribution in [3.05, 3.63) is 71.7 Å². The molecule has 0 aliphatic carbocycles. The molecule has 0 atom stereocenters. The smallest absolute Gasteiger partial charge is 0.318 e. The number of urea groups is 1. The summed E-state index contributed by atoms with van der Waals surface area (Å²) in [6.07, 6.45) is 1.62. The summed E-state index contributed by atoms with van der Waals surface area (Å²) in [6, 6.07) is 13.5. The Balaban J connectivity index is 1.90. The molecule has 0 fully saturated rings. The molecule has 3 rings (SSSR count). The molecule has 28 heavy (non-hydrogen) atoms. The molecule has 0 bridgehead atoms. The SMILES string of the molecule is NC(=O)NC(=O)CSC1=N/C(=C\c2ccccc2)C(=O)N1c1ccc(F)cc1. The summed E-state index contributed by atoms with van der Waals surface area (Å²) < 4.78 is 13.3. The lowest BCUT2D eigenvalue weighted by Gasteiger charge is -2.17. The average molecular weight is 398 g/mol. The van der Waals surface area contributed by atoms with Crippen LogP contribution in [0.15, 0.2) is 65.3 Å². The Morgan fingerprint density at radius 3 is 2.46 bits per heavy atom. The monoisotopic (exact) mass is 398 g/mol. The Bertz CT molecular complexity index is 974. The van der Waals surface area contributed by atoms with E-state index in [2.05, 4.69) is 4.99 Å². The molecule has 1 aliphatic heterocycles. The third-order valence-electron chi connectivity index (χ3n) is 3.61. The van der Waals surface area contributed by atoms with Gasteiger partial charge < -0.3 is 5.73 Å². The minimum Gasteiger partial charge on any atom is -0.351 e. The van der Waals surface area contributed by atoms with E-state index in [1.165, 1.54) is 29.2 Å². The van der Waals surface area contributed by atoms with E-state index in [4.69, 9.17) is 5.73 Å². The molecule has 1 aliphatic rings. The van der Waals surface area contributed by atoms with Crippen LogP contribution >= 0.6 is 11.8 Å². The Hall–Kier alpha value is -3.46. The van der Waals surface area contributed by atoms with Crippen molar-refractivity contribution in [2.24, 2.45) is 10.7 Å². The molecule has 0 saturated carbocycles. The molecule has 2 aromatic rings. The van der Waals surface area contributed by atoms with Crippen molar-refractivity contribution in [3.63, 3.8) is 0 Å². The van der Waals surface area contributed by atoms with Crippen molar-refractivity contribution >= 4 is 46.5 Å². The van der Waals surface area contributed by atoms with E-state index in [1.54, 1.807) is 6.08 Å². The minimum atomic E-state index is -0.963. The Morgan fingerprint density at radius 1 is 1.14 bits per heavy atom. The maximum absolute atomic E-state index is 13.3. The van der Waals surface area contributed by atoms with E-state index in [1.807, 2.05) is 35.6 Å². The van der Waals surface area contributed by atoms with Gasteiger partial charge in [0.15, 0.2) is 5.17 Å². The fourth-order valence-electron chi connectivity index (χ4n) is 2.42. The van der Waals surface area contributed by atoms with Crippen molar-refractivity contribution in [3.8, 4) is 0 Å². The number of nitrogens with one attached hydrogen (secondary N) is 1. The van der Waals surface area contributed by atoms with Crippen molar-refractivity contribution in [2.75, 3.05) is 10.7 Å². The molecule has 2 aromatic carbocycles. The lowest BCUT2D eigenvalue weighted by atomic mass is 10.2. The van der Waals surface area contributed by atoms with Gasteiger partial charge in [0.05, 0.1) is 11.4 Å². The fraction of sp³-hybridized carbons (Fsp3) is 0.0526. The zero-order valence-corrected chi connectivity index (χ0v) is 15.3. The van der Waals surface area contributed by atoms with Gasteiger partial charge in [-0.1, -0.05) is 42.1 Å². The van der Waals surface area contributed by atoms with Crippen molar-refractivity contribution in [1.82, 2.24) is 5.32 Å². The zero-order chi connectivity index (χ0) is 20.1. The molecule has 0 unspecified atom stereocenters. The predicted molar refractivity (Wildman–Crippen MR) is 106 cm³/mol. The van der Waals surface area contributed by atoms with Gasteiger partial charge in [0.1, 0.15) is 11.5 Å². The Morgan fingerprint density at radius 2 is 1.82 bits per heavy atom. The summed E-state index contributed by atoms with van der Waals surface area (Å²) in [7, 11) is 0. The van der Waals surface area contributed by atoms with Gasteiger partial charge in [-0.15, -0.1) is 0 Å². The van der Waals surface area contributed by atoms with Crippen LogP contribution in [0.5, 0.6) is 0 Å². The molecule has 9 heteroatoms. The largest absolute Gasteiger partial charge is 0.351 e. The van der Waals surface area contributed by atoms with E-state index >= 15 is 0 Å². The highest BCUT2D eigenvalue weighted by Crippen LogP contribution is 2.29. The summed E-state index contributed by atoms with van der Waals surface area (Å²) in [4.78, 5) is 41.0. The van der Waals surface area contributed by atoms with Gasteiger partial charge in [-0.2, -0.15) is 0 Å². The van der Waals surface area contributed by atoms with Crippen LogP contribution in [0.4, 0.5) is 14.9 Å². The number of hydrogen-bond donors (Lipinski definition) is 2. The fourth-order valence-corrected chi connectivity index (χ4v) is 3.23. The van der Waals surface area contributed by atoms with Crippen LogP contribution < -0.4 is 16.0 Å². The lowest BCUT2D eigenvalue weighted by Crippen LogP contribution is -2.37. The van der Waals surface area contributed by atoms with Crippen molar-refractivity contribution in [2.45, 2.75) is 0 Å². The van der Waals surface area contributed by atoms with Gasteiger partial charge in [0, 0.05) is 0 Å². The summed E-state index contributed by atoms with van der Waals surface area (Å²) >= 11 is 0.960. The molecule has 3 N–H and O–H groups in total. The van der Waals surface area contributed by atoms with E-state index in [0.717, 1.165) is 17.3 Å². The highest BCUT2D eigenvalue weighted by atomic mass is 32.2. The van der Waals surface area contributed by atoms with Gasteiger partial charge in [-0.3, -0.25) is 19.8 Å². The molecule has 0 aromatic heterocycles. The number of hydrogen-bond acceptors (Lipinski definition) is 5. The number of carbonyl (C=O) groups excluding carboxylic acids is 3. The standard InChI is InChI=1S/C19H15FN4O3S/c20-13-6-8-14(9-7-13)24-17(26)15(10-12-4-2-1-3-5-12)22-19(24)28-11-16(25)23-18(21)27/h1-10H,11H2,(H3,21,23,25,27)/b15-10-.